The predicted molar refractivity (Wildman–Crippen MR) is 89.3 cm³/mol. The molecule has 2 rings (SSSR count). The fourth-order valence-electron chi connectivity index (χ4n) is 3.44. The van der Waals surface area contributed by atoms with Crippen molar-refractivity contribution in [2.24, 2.45) is 5.41 Å². The monoisotopic (exact) mass is 292 g/mol. The number of hydrogen-bond acceptors (Lipinski definition) is 3. The van der Waals surface area contributed by atoms with Crippen LogP contribution in [-0.2, 0) is 6.54 Å². The molecule has 1 fully saturated rings. The lowest BCUT2D eigenvalue weighted by Gasteiger charge is -2.35. The molecule has 2 nitrogen and oxygen atoms in total. The van der Waals surface area contributed by atoms with Crippen LogP contribution in [0, 0.1) is 12.3 Å². The Hall–Kier alpha value is -0.540. The third-order valence-corrected chi connectivity index (χ3v) is 5.15. The fraction of sp³-hybridized carbons (Fsp3) is 0.706. The third-order valence-electron chi connectivity index (χ3n) is 4.48. The molecule has 0 bridgehead atoms. The molecule has 1 heterocycles. The van der Waals surface area contributed by atoms with E-state index in [4.69, 9.17) is 0 Å². The summed E-state index contributed by atoms with van der Waals surface area (Å²) in [5.41, 5.74) is 2.70. The molecule has 0 saturated heterocycles. The van der Waals surface area contributed by atoms with E-state index in [2.05, 4.69) is 54.7 Å². The summed E-state index contributed by atoms with van der Waals surface area (Å²) in [4.78, 5) is 7.05. The summed E-state index contributed by atoms with van der Waals surface area (Å²) in [7, 11) is 2.22. The minimum Gasteiger partial charge on any atom is -0.300 e. The SMILES string of the molecule is Cc1cccc(CN(C)CC2(CS)CCCCCC2)n1. The summed E-state index contributed by atoms with van der Waals surface area (Å²) in [5.74, 6) is 1.01. The molecule has 1 saturated carbocycles. The summed E-state index contributed by atoms with van der Waals surface area (Å²) in [6.07, 6.45) is 8.22. The molecule has 1 aliphatic rings. The molecule has 3 heteroatoms. The molecule has 0 aromatic carbocycles. The zero-order valence-corrected chi connectivity index (χ0v) is 13.8. The van der Waals surface area contributed by atoms with Gasteiger partial charge < -0.3 is 0 Å². The van der Waals surface area contributed by atoms with Gasteiger partial charge in [0.25, 0.3) is 0 Å². The lowest BCUT2D eigenvalue weighted by molar-refractivity contribution is 0.169. The quantitative estimate of drug-likeness (QED) is 0.650. The number of aromatic nitrogens is 1. The van der Waals surface area contributed by atoms with Crippen LogP contribution in [0.3, 0.4) is 0 Å². The fourth-order valence-corrected chi connectivity index (χ4v) is 3.85. The topological polar surface area (TPSA) is 16.1 Å². The Morgan fingerprint density at radius 3 is 2.50 bits per heavy atom. The first kappa shape index (κ1) is 15.8. The van der Waals surface area contributed by atoms with Crippen LogP contribution in [0.5, 0.6) is 0 Å². The van der Waals surface area contributed by atoms with Crippen LogP contribution >= 0.6 is 12.6 Å². The van der Waals surface area contributed by atoms with Gasteiger partial charge in [0.05, 0.1) is 5.69 Å². The van der Waals surface area contributed by atoms with Crippen molar-refractivity contribution in [3.05, 3.63) is 29.6 Å². The van der Waals surface area contributed by atoms with E-state index < -0.39 is 0 Å². The van der Waals surface area contributed by atoms with Gasteiger partial charge in [-0.2, -0.15) is 12.6 Å². The molecule has 20 heavy (non-hydrogen) atoms. The van der Waals surface area contributed by atoms with Crippen LogP contribution in [0.25, 0.3) is 0 Å². The van der Waals surface area contributed by atoms with Gasteiger partial charge in [0, 0.05) is 18.8 Å². The molecule has 0 radical (unpaired) electrons. The van der Waals surface area contributed by atoms with E-state index in [1.54, 1.807) is 0 Å². The first-order chi connectivity index (χ1) is 9.63. The Morgan fingerprint density at radius 1 is 1.20 bits per heavy atom. The van der Waals surface area contributed by atoms with Crippen molar-refractivity contribution in [2.75, 3.05) is 19.3 Å². The molecule has 1 aliphatic carbocycles. The number of thiol groups is 1. The second kappa shape index (κ2) is 7.46. The van der Waals surface area contributed by atoms with Crippen LogP contribution in [-0.4, -0.2) is 29.2 Å². The van der Waals surface area contributed by atoms with Crippen LogP contribution in [0.15, 0.2) is 18.2 Å². The van der Waals surface area contributed by atoms with Crippen molar-refractivity contribution in [1.29, 1.82) is 0 Å². The Labute approximate surface area is 129 Å². The average molecular weight is 292 g/mol. The molecule has 112 valence electrons. The second-order valence-corrected chi connectivity index (χ2v) is 6.83. The first-order valence-electron chi connectivity index (χ1n) is 7.85. The van der Waals surface area contributed by atoms with Crippen molar-refractivity contribution in [1.82, 2.24) is 9.88 Å². The molecule has 0 N–H and O–H groups in total. The number of aryl methyl sites for hydroxylation is 1. The van der Waals surface area contributed by atoms with Crippen molar-refractivity contribution >= 4 is 12.6 Å². The molecule has 1 aromatic rings. The van der Waals surface area contributed by atoms with Crippen molar-refractivity contribution in [3.8, 4) is 0 Å². The van der Waals surface area contributed by atoms with Gasteiger partial charge in [-0.05, 0) is 50.1 Å². The standard InChI is InChI=1S/C17H28N2S/c1-15-8-7-9-16(18-15)12-19(2)13-17(14-20)10-5-3-4-6-11-17/h7-9,20H,3-6,10-14H2,1-2H3. The maximum absolute atomic E-state index is 4.67. The van der Waals surface area contributed by atoms with Gasteiger partial charge in [-0.15, -0.1) is 0 Å². The maximum Gasteiger partial charge on any atom is 0.0547 e. The number of hydrogen-bond donors (Lipinski definition) is 1. The first-order valence-corrected chi connectivity index (χ1v) is 8.49. The maximum atomic E-state index is 4.67. The Balaban J connectivity index is 1.96. The predicted octanol–water partition coefficient (Wildman–Crippen LogP) is 4.09. The Kier molecular flexibility index (Phi) is 5.91. The normalized spacial score (nSPS) is 19.0. The molecule has 0 unspecified atom stereocenters. The number of pyridine rings is 1. The van der Waals surface area contributed by atoms with Gasteiger partial charge in [-0.3, -0.25) is 9.88 Å². The zero-order valence-electron chi connectivity index (χ0n) is 12.9. The molecule has 0 aliphatic heterocycles. The van der Waals surface area contributed by atoms with E-state index in [0.717, 1.165) is 24.5 Å². The van der Waals surface area contributed by atoms with Crippen molar-refractivity contribution < 1.29 is 0 Å². The minimum atomic E-state index is 0.415. The van der Waals surface area contributed by atoms with Gasteiger partial charge >= 0.3 is 0 Å². The lowest BCUT2D eigenvalue weighted by Crippen LogP contribution is -2.36. The van der Waals surface area contributed by atoms with Crippen LogP contribution in [0.1, 0.15) is 49.9 Å². The lowest BCUT2D eigenvalue weighted by atomic mass is 9.81. The summed E-state index contributed by atoms with van der Waals surface area (Å²) in [5, 5.41) is 0. The van der Waals surface area contributed by atoms with Crippen molar-refractivity contribution in [2.45, 2.75) is 52.0 Å². The van der Waals surface area contributed by atoms with E-state index in [0.29, 0.717) is 5.41 Å². The van der Waals surface area contributed by atoms with Gasteiger partial charge in [-0.1, -0.05) is 31.7 Å². The van der Waals surface area contributed by atoms with Crippen LogP contribution in [0.4, 0.5) is 0 Å². The van der Waals surface area contributed by atoms with Gasteiger partial charge in [0.15, 0.2) is 0 Å². The Morgan fingerprint density at radius 2 is 1.90 bits per heavy atom. The summed E-state index contributed by atoms with van der Waals surface area (Å²) in [6.45, 7) is 4.15. The third kappa shape index (κ3) is 4.49. The second-order valence-electron chi connectivity index (χ2n) is 6.51. The number of rotatable bonds is 5. The molecular weight excluding hydrogens is 264 g/mol. The molecule has 0 amide bonds. The molecule has 0 spiro atoms. The van der Waals surface area contributed by atoms with E-state index in [1.165, 1.54) is 44.2 Å². The number of nitrogens with zero attached hydrogens (tertiary/aromatic N) is 2. The minimum absolute atomic E-state index is 0.415. The Bertz CT molecular complexity index is 411. The van der Waals surface area contributed by atoms with E-state index in [9.17, 15) is 0 Å². The summed E-state index contributed by atoms with van der Waals surface area (Å²) >= 11 is 4.67. The summed E-state index contributed by atoms with van der Waals surface area (Å²) < 4.78 is 0. The highest BCUT2D eigenvalue weighted by Crippen LogP contribution is 2.36. The molecule has 1 aromatic heterocycles. The van der Waals surface area contributed by atoms with Crippen molar-refractivity contribution in [3.63, 3.8) is 0 Å². The highest BCUT2D eigenvalue weighted by molar-refractivity contribution is 7.80. The van der Waals surface area contributed by atoms with Crippen LogP contribution < -0.4 is 0 Å². The highest BCUT2D eigenvalue weighted by atomic mass is 32.1. The van der Waals surface area contributed by atoms with Crippen LogP contribution in [0.2, 0.25) is 0 Å². The summed E-state index contributed by atoms with van der Waals surface area (Å²) in [6, 6.07) is 6.29. The zero-order chi connectivity index (χ0) is 14.4. The largest absolute Gasteiger partial charge is 0.300 e. The highest BCUT2D eigenvalue weighted by Gasteiger charge is 2.30. The molecule has 0 atom stereocenters. The smallest absolute Gasteiger partial charge is 0.0547 e. The van der Waals surface area contributed by atoms with E-state index in [-0.39, 0.29) is 0 Å². The molecular formula is C17H28N2S. The van der Waals surface area contributed by atoms with Gasteiger partial charge in [0.1, 0.15) is 0 Å². The average Bonchev–Trinajstić information content (AvgIpc) is 2.65. The van der Waals surface area contributed by atoms with Gasteiger partial charge in [0.2, 0.25) is 0 Å². The van der Waals surface area contributed by atoms with Gasteiger partial charge in [-0.25, -0.2) is 0 Å². The van der Waals surface area contributed by atoms with E-state index >= 15 is 0 Å². The van der Waals surface area contributed by atoms with E-state index in [1.807, 2.05) is 0 Å².